The van der Waals surface area contributed by atoms with Gasteiger partial charge in [0.25, 0.3) is 0 Å². The van der Waals surface area contributed by atoms with Gasteiger partial charge in [0.2, 0.25) is 0 Å². The molecule has 8 atom stereocenters. The molecule has 0 rings (SSSR count). The molecule has 0 radical (unpaired) electrons. The van der Waals surface area contributed by atoms with Crippen LogP contribution in [0.5, 0.6) is 0 Å². The first kappa shape index (κ1) is 53.8. The topological polar surface area (TPSA) is 219 Å². The summed E-state index contributed by atoms with van der Waals surface area (Å²) in [7, 11) is 0. The molecule has 10 N–H and O–H groups in total. The number of rotatable bonds is 20. The maximum absolute atomic E-state index is 9.35. The van der Waals surface area contributed by atoms with Crippen LogP contribution in [0.15, 0.2) is 0 Å². The van der Waals surface area contributed by atoms with Crippen LogP contribution in [-0.2, 0) is 25.4 Å². The van der Waals surface area contributed by atoms with Crippen molar-refractivity contribution in [3.8, 4) is 0 Å². The Labute approximate surface area is 278 Å². The molecule has 272 valence electrons. The Bertz CT molecular complexity index is 446. The van der Waals surface area contributed by atoms with Gasteiger partial charge in [0, 0.05) is 50.1 Å². The summed E-state index contributed by atoms with van der Waals surface area (Å²) in [6, 6.07) is 0. The molecule has 0 saturated heterocycles. The van der Waals surface area contributed by atoms with Gasteiger partial charge in [-0.2, -0.15) is 0 Å². The Morgan fingerprint density at radius 2 is 0.545 bits per heavy atom. The van der Waals surface area contributed by atoms with Gasteiger partial charge in [0.15, 0.2) is 0 Å². The molecule has 12 heteroatoms. The molecule has 0 aliphatic rings. The fourth-order valence-corrected chi connectivity index (χ4v) is 4.22. The maximum atomic E-state index is 9.35. The second-order valence-corrected chi connectivity index (χ2v) is 12.5. The minimum absolute atomic E-state index is 0.0833. The first-order chi connectivity index (χ1) is 20.8. The summed E-state index contributed by atoms with van der Waals surface area (Å²) in [5.41, 5.74) is 0. The molecule has 0 bridgehead atoms. The van der Waals surface area contributed by atoms with E-state index in [-0.39, 0.29) is 74.5 Å². The van der Waals surface area contributed by atoms with Crippen molar-refractivity contribution >= 4 is 0 Å². The molecule has 0 heterocycles. The van der Waals surface area contributed by atoms with Gasteiger partial charge in [-0.05, 0) is 51.4 Å². The van der Waals surface area contributed by atoms with Gasteiger partial charge in [0.05, 0.1) is 24.4 Å². The Hall–Kier alpha value is 0.283. The van der Waals surface area contributed by atoms with Crippen molar-refractivity contribution in [1.82, 2.24) is 0 Å². The Balaban J connectivity index is -0.000000147. The van der Waals surface area contributed by atoms with Crippen molar-refractivity contribution in [2.75, 3.05) is 26.4 Å². The van der Waals surface area contributed by atoms with Crippen LogP contribution in [0.4, 0.5) is 0 Å². The van der Waals surface area contributed by atoms with Gasteiger partial charge in [-0.1, -0.05) is 81.1 Å². The third-order valence-corrected chi connectivity index (χ3v) is 7.55. The molecular formula is C32H74O11Zr. The second-order valence-electron chi connectivity index (χ2n) is 11.1. The van der Waals surface area contributed by atoms with Crippen molar-refractivity contribution < 1.29 is 72.7 Å². The van der Waals surface area contributed by atoms with Crippen molar-refractivity contribution in [2.45, 2.75) is 157 Å². The van der Waals surface area contributed by atoms with E-state index in [1.807, 2.05) is 55.4 Å². The number of hydrogen-bond acceptors (Lipinski definition) is 9. The minimum atomic E-state index is -3.79. The van der Waals surface area contributed by atoms with Crippen LogP contribution in [0, 0.1) is 23.7 Å². The van der Waals surface area contributed by atoms with Crippen molar-refractivity contribution in [3.05, 3.63) is 0 Å². The molecule has 11 nitrogen and oxygen atoms in total. The molecule has 0 aromatic heterocycles. The van der Waals surface area contributed by atoms with Gasteiger partial charge < -0.3 is 40.9 Å². The van der Waals surface area contributed by atoms with Crippen LogP contribution in [0.1, 0.15) is 132 Å². The molecule has 0 aromatic carbocycles. The predicted octanol–water partition coefficient (Wildman–Crippen LogP) is 3.43. The number of aliphatic hydroxyl groups excluding tert-OH is 8. The fraction of sp³-hybridized carbons (Fsp3) is 1.00. The van der Waals surface area contributed by atoms with E-state index in [1.54, 1.807) is 0 Å². The monoisotopic (exact) mass is 724 g/mol. The molecule has 8 unspecified atom stereocenters. The van der Waals surface area contributed by atoms with E-state index in [2.05, 4.69) is 0 Å². The Morgan fingerprint density at radius 1 is 0.409 bits per heavy atom. The molecule has 0 aliphatic heterocycles. The van der Waals surface area contributed by atoms with E-state index in [4.69, 9.17) is 29.6 Å². The normalized spacial score (nSPS) is 15.9. The van der Waals surface area contributed by atoms with E-state index in [1.165, 1.54) is 0 Å². The molecular weight excluding hydrogens is 652 g/mol. The Morgan fingerprint density at radius 3 is 0.614 bits per heavy atom. The molecule has 0 fully saturated rings. The second kappa shape index (κ2) is 41.3. The van der Waals surface area contributed by atoms with Crippen LogP contribution >= 0.6 is 0 Å². The van der Waals surface area contributed by atoms with E-state index in [9.17, 15) is 20.4 Å². The first-order valence-electron chi connectivity index (χ1n) is 16.8. The van der Waals surface area contributed by atoms with Gasteiger partial charge in [0.1, 0.15) is 0 Å². The number of hydrogen-bond donors (Lipinski definition) is 10. The average molecular weight is 726 g/mol. The predicted molar refractivity (Wildman–Crippen MR) is 172 cm³/mol. The zero-order valence-corrected chi connectivity index (χ0v) is 31.8. The Kier molecular flexibility index (Phi) is 50.5. The first-order valence-corrected chi connectivity index (χ1v) is 20.0. The quantitative estimate of drug-likeness (QED) is 0.0877. The van der Waals surface area contributed by atoms with Crippen LogP contribution in [0.25, 0.3) is 0 Å². The van der Waals surface area contributed by atoms with Crippen molar-refractivity contribution in [1.29, 1.82) is 0 Å². The summed E-state index contributed by atoms with van der Waals surface area (Å²) in [6.07, 6.45) is 9.37. The fourth-order valence-electron chi connectivity index (χ4n) is 4.22. The summed E-state index contributed by atoms with van der Waals surface area (Å²) in [5.74, 6) is 0.333. The average Bonchev–Trinajstić information content (AvgIpc) is 2.97. The zero-order valence-electron chi connectivity index (χ0n) is 29.3. The van der Waals surface area contributed by atoms with Crippen molar-refractivity contribution in [2.24, 2.45) is 23.7 Å². The summed E-state index contributed by atoms with van der Waals surface area (Å²) in [4.78, 5) is 0. The van der Waals surface area contributed by atoms with Crippen LogP contribution in [-0.4, -0.2) is 98.1 Å². The zero-order chi connectivity index (χ0) is 35.5. The number of aliphatic hydroxyl groups is 8. The third kappa shape index (κ3) is 36.7. The third-order valence-electron chi connectivity index (χ3n) is 7.55. The van der Waals surface area contributed by atoms with E-state index in [0.29, 0.717) is 0 Å². The molecule has 0 aliphatic carbocycles. The molecule has 0 saturated carbocycles. The van der Waals surface area contributed by atoms with Crippen LogP contribution in [0.3, 0.4) is 0 Å². The SMILES string of the molecule is CCCC(O)C(CC)CO.CCCC(O)C(CC)CO.CCCC(O)C(CC)CO.CCCC(O)C(CC)CO.[O]=[Zr]([OH])[OH]. The van der Waals surface area contributed by atoms with E-state index in [0.717, 1.165) is 77.0 Å². The van der Waals surface area contributed by atoms with Gasteiger partial charge >= 0.3 is 31.8 Å². The summed E-state index contributed by atoms with van der Waals surface area (Å²) in [5, 5.41) is 72.4. The summed E-state index contributed by atoms with van der Waals surface area (Å²) >= 11 is -3.79. The van der Waals surface area contributed by atoms with Gasteiger partial charge in [-0.3, -0.25) is 0 Å². The summed E-state index contributed by atoms with van der Waals surface area (Å²) in [6.45, 7) is 16.5. The summed E-state index contributed by atoms with van der Waals surface area (Å²) < 4.78 is 23.3. The standard InChI is InChI=1S/4C8H18O2.2H2O.O.Zr/c4*1-3-5-8(10)7(4-2)6-9;;;;/h4*7-10H,3-6H2,1-2H3;2*1H2;;/q;;;;;;;+2/p-2. The van der Waals surface area contributed by atoms with Crippen LogP contribution in [0.2, 0.25) is 0 Å². The van der Waals surface area contributed by atoms with E-state index >= 15 is 0 Å². The van der Waals surface area contributed by atoms with Gasteiger partial charge in [-0.15, -0.1) is 0 Å². The molecule has 0 spiro atoms. The molecule has 0 aromatic rings. The molecule has 44 heavy (non-hydrogen) atoms. The molecule has 0 amide bonds. The van der Waals surface area contributed by atoms with Gasteiger partial charge in [-0.25, -0.2) is 0 Å². The van der Waals surface area contributed by atoms with Crippen LogP contribution < -0.4 is 0 Å². The van der Waals surface area contributed by atoms with E-state index < -0.39 is 22.6 Å². The van der Waals surface area contributed by atoms with Crippen molar-refractivity contribution in [3.63, 3.8) is 0 Å².